The van der Waals surface area contributed by atoms with Gasteiger partial charge in [-0.15, -0.1) is 0 Å². The van der Waals surface area contributed by atoms with Crippen molar-refractivity contribution in [2.75, 3.05) is 18.5 Å². The lowest BCUT2D eigenvalue weighted by molar-refractivity contribution is -0.164. The minimum Gasteiger partial charge on any atom is -0.477 e. The molecular formula is C25H21F2N3O5. The molecule has 1 aliphatic rings. The predicted molar refractivity (Wildman–Crippen MR) is 122 cm³/mol. The maximum absolute atomic E-state index is 13.0. The summed E-state index contributed by atoms with van der Waals surface area (Å²) in [5.74, 6) is -7.27. The summed E-state index contributed by atoms with van der Waals surface area (Å²) in [4.78, 5) is 38.5. The lowest BCUT2D eigenvalue weighted by atomic mass is 9.98. The van der Waals surface area contributed by atoms with Crippen LogP contribution in [-0.4, -0.2) is 47.1 Å². The van der Waals surface area contributed by atoms with Crippen LogP contribution in [0.4, 0.5) is 19.3 Å². The standard InChI is InChI=1S/C25H21F2N3O5/c26-25(27,23(32)33)14-29-22(31)11-15-9-10-16(12-28-15)30-24(34)35-13-21-19-7-3-1-5-17(19)18-6-2-4-8-20(18)21/h1-10,12,21H,11,13-14H2,(H,29,31)(H,30,34)(H,32,33). The number of carboxylic acids is 1. The van der Waals surface area contributed by atoms with Crippen LogP contribution in [0.3, 0.4) is 0 Å². The van der Waals surface area contributed by atoms with Gasteiger partial charge in [-0.05, 0) is 34.4 Å². The van der Waals surface area contributed by atoms with Gasteiger partial charge in [-0.25, -0.2) is 9.59 Å². The third-order valence-corrected chi connectivity index (χ3v) is 5.58. The van der Waals surface area contributed by atoms with Crippen molar-refractivity contribution >= 4 is 23.7 Å². The number of carbonyl (C=O) groups is 3. The van der Waals surface area contributed by atoms with E-state index in [0.717, 1.165) is 22.3 Å². The van der Waals surface area contributed by atoms with Crippen molar-refractivity contribution in [3.8, 4) is 11.1 Å². The van der Waals surface area contributed by atoms with E-state index in [1.165, 1.54) is 18.3 Å². The summed E-state index contributed by atoms with van der Waals surface area (Å²) in [6.45, 7) is -1.17. The summed E-state index contributed by atoms with van der Waals surface area (Å²) in [5, 5.41) is 12.8. The smallest absolute Gasteiger partial charge is 0.411 e. The van der Waals surface area contributed by atoms with Gasteiger partial charge in [0.2, 0.25) is 5.91 Å². The molecular weight excluding hydrogens is 460 g/mol. The normalized spacial score (nSPS) is 12.4. The van der Waals surface area contributed by atoms with E-state index in [1.807, 2.05) is 53.8 Å². The van der Waals surface area contributed by atoms with E-state index in [0.29, 0.717) is 5.69 Å². The topological polar surface area (TPSA) is 118 Å². The molecule has 4 rings (SSSR count). The number of pyridine rings is 1. The third kappa shape index (κ3) is 5.43. The summed E-state index contributed by atoms with van der Waals surface area (Å²) < 4.78 is 31.6. The van der Waals surface area contributed by atoms with Crippen LogP contribution in [-0.2, 0) is 20.7 Å². The molecule has 0 spiro atoms. The fraction of sp³-hybridized carbons (Fsp3) is 0.200. The average Bonchev–Trinajstić information content (AvgIpc) is 3.16. The number of alkyl halides is 2. The van der Waals surface area contributed by atoms with E-state index < -0.39 is 30.4 Å². The number of benzene rings is 2. The molecule has 2 aromatic carbocycles. The Hall–Kier alpha value is -4.34. The second kappa shape index (κ2) is 9.88. The predicted octanol–water partition coefficient (Wildman–Crippen LogP) is 3.82. The number of hydrogen-bond donors (Lipinski definition) is 3. The first kappa shape index (κ1) is 23.8. The number of fused-ring (bicyclic) bond motifs is 3. The number of anilines is 1. The Morgan fingerprint density at radius 2 is 1.60 bits per heavy atom. The highest BCUT2D eigenvalue weighted by molar-refractivity contribution is 5.85. The molecule has 0 bridgehead atoms. The van der Waals surface area contributed by atoms with Crippen LogP contribution >= 0.6 is 0 Å². The van der Waals surface area contributed by atoms with Crippen molar-refractivity contribution in [2.24, 2.45) is 0 Å². The third-order valence-electron chi connectivity index (χ3n) is 5.58. The summed E-state index contributed by atoms with van der Waals surface area (Å²) in [5.41, 5.74) is 4.99. The summed E-state index contributed by atoms with van der Waals surface area (Å²) in [7, 11) is 0. The fourth-order valence-electron chi connectivity index (χ4n) is 3.87. The largest absolute Gasteiger partial charge is 0.477 e. The SMILES string of the molecule is O=C(Cc1ccc(NC(=O)OCC2c3ccccc3-c3ccccc32)cn1)NCC(F)(F)C(=O)O. The number of nitrogens with zero attached hydrogens (tertiary/aromatic N) is 1. The Balaban J connectivity index is 1.29. The second-order valence-corrected chi connectivity index (χ2v) is 7.95. The van der Waals surface area contributed by atoms with Crippen molar-refractivity contribution in [1.82, 2.24) is 10.3 Å². The number of amides is 2. The molecule has 0 saturated carbocycles. The molecule has 3 N–H and O–H groups in total. The number of halogens is 2. The van der Waals surface area contributed by atoms with Gasteiger partial charge < -0.3 is 15.2 Å². The first-order chi connectivity index (χ1) is 16.7. The van der Waals surface area contributed by atoms with Gasteiger partial charge in [-0.3, -0.25) is 15.1 Å². The Bertz CT molecular complexity index is 1220. The van der Waals surface area contributed by atoms with E-state index >= 15 is 0 Å². The Kier molecular flexibility index (Phi) is 6.72. The molecule has 2 amide bonds. The number of rotatable bonds is 8. The lowest BCUT2D eigenvalue weighted by Gasteiger charge is -2.14. The molecule has 10 heteroatoms. The first-order valence-electron chi connectivity index (χ1n) is 10.7. The monoisotopic (exact) mass is 481 g/mol. The number of hydrogen-bond acceptors (Lipinski definition) is 5. The minimum atomic E-state index is -4.06. The molecule has 0 radical (unpaired) electrons. The van der Waals surface area contributed by atoms with Crippen LogP contribution in [0.15, 0.2) is 66.9 Å². The van der Waals surface area contributed by atoms with Gasteiger partial charge in [-0.2, -0.15) is 8.78 Å². The number of aromatic nitrogens is 1. The Morgan fingerprint density at radius 3 is 2.17 bits per heavy atom. The maximum Gasteiger partial charge on any atom is 0.411 e. The van der Waals surface area contributed by atoms with E-state index in [4.69, 9.17) is 9.84 Å². The molecule has 0 unspecified atom stereocenters. The lowest BCUT2D eigenvalue weighted by Crippen LogP contribution is -2.42. The van der Waals surface area contributed by atoms with Crippen molar-refractivity contribution in [3.63, 3.8) is 0 Å². The van der Waals surface area contributed by atoms with Gasteiger partial charge in [0.25, 0.3) is 0 Å². The van der Waals surface area contributed by atoms with Gasteiger partial charge in [0.1, 0.15) is 6.61 Å². The fourth-order valence-corrected chi connectivity index (χ4v) is 3.87. The highest BCUT2D eigenvalue weighted by atomic mass is 19.3. The quantitative estimate of drug-likeness (QED) is 0.450. The van der Waals surface area contributed by atoms with E-state index in [2.05, 4.69) is 10.3 Å². The van der Waals surface area contributed by atoms with Crippen LogP contribution < -0.4 is 10.6 Å². The van der Waals surface area contributed by atoms with Crippen molar-refractivity contribution in [2.45, 2.75) is 18.3 Å². The summed E-state index contributed by atoms with van der Waals surface area (Å²) >= 11 is 0. The zero-order chi connectivity index (χ0) is 25.0. The van der Waals surface area contributed by atoms with E-state index in [-0.39, 0.29) is 24.6 Å². The Morgan fingerprint density at radius 1 is 0.971 bits per heavy atom. The molecule has 180 valence electrons. The first-order valence-corrected chi connectivity index (χ1v) is 10.7. The number of carboxylic acid groups (broad SMARTS) is 1. The summed E-state index contributed by atoms with van der Waals surface area (Å²) in [6, 6.07) is 18.9. The van der Waals surface area contributed by atoms with Crippen molar-refractivity contribution < 1.29 is 33.0 Å². The maximum atomic E-state index is 13.0. The minimum absolute atomic E-state index is 0.0827. The molecule has 0 fully saturated rings. The molecule has 1 aliphatic carbocycles. The Labute approximate surface area is 199 Å². The van der Waals surface area contributed by atoms with Crippen LogP contribution in [0, 0.1) is 0 Å². The van der Waals surface area contributed by atoms with Gasteiger partial charge in [-0.1, -0.05) is 48.5 Å². The molecule has 8 nitrogen and oxygen atoms in total. The molecule has 0 atom stereocenters. The highest BCUT2D eigenvalue weighted by Crippen LogP contribution is 2.44. The van der Waals surface area contributed by atoms with Gasteiger partial charge in [0.15, 0.2) is 0 Å². The van der Waals surface area contributed by atoms with Crippen LogP contribution in [0.25, 0.3) is 11.1 Å². The van der Waals surface area contributed by atoms with Gasteiger partial charge >= 0.3 is 18.0 Å². The molecule has 3 aromatic rings. The number of aliphatic carboxylic acids is 1. The molecule has 0 aliphatic heterocycles. The van der Waals surface area contributed by atoms with Gasteiger partial charge in [0, 0.05) is 11.6 Å². The van der Waals surface area contributed by atoms with Crippen LogP contribution in [0.2, 0.25) is 0 Å². The van der Waals surface area contributed by atoms with E-state index in [9.17, 15) is 23.2 Å². The molecule has 1 aromatic heterocycles. The highest BCUT2D eigenvalue weighted by Gasteiger charge is 2.39. The average molecular weight is 481 g/mol. The number of nitrogens with one attached hydrogen (secondary N) is 2. The van der Waals surface area contributed by atoms with E-state index in [1.54, 1.807) is 0 Å². The molecule has 35 heavy (non-hydrogen) atoms. The van der Waals surface area contributed by atoms with Crippen LogP contribution in [0.1, 0.15) is 22.7 Å². The zero-order valence-electron chi connectivity index (χ0n) is 18.3. The van der Waals surface area contributed by atoms with Crippen molar-refractivity contribution in [3.05, 3.63) is 83.7 Å². The summed E-state index contributed by atoms with van der Waals surface area (Å²) in [6.07, 6.45) is 0.298. The van der Waals surface area contributed by atoms with Crippen molar-refractivity contribution in [1.29, 1.82) is 0 Å². The number of ether oxygens (including phenoxy) is 1. The van der Waals surface area contributed by atoms with Gasteiger partial charge in [0.05, 0.1) is 24.8 Å². The molecule has 1 heterocycles. The number of carbonyl (C=O) groups excluding carboxylic acids is 2. The van der Waals surface area contributed by atoms with Crippen LogP contribution in [0.5, 0.6) is 0 Å². The second-order valence-electron chi connectivity index (χ2n) is 7.95. The molecule has 0 saturated heterocycles. The zero-order valence-corrected chi connectivity index (χ0v) is 18.3.